The molecule has 0 unspecified atom stereocenters. The highest BCUT2D eigenvalue weighted by atomic mass is 16.5. The molecule has 1 aromatic heterocycles. The first kappa shape index (κ1) is 20.9. The Kier molecular flexibility index (Phi) is 5.42. The number of nitrogens with zero attached hydrogens (tertiary/aromatic N) is 1. The van der Waals surface area contributed by atoms with Gasteiger partial charge in [-0.05, 0) is 18.2 Å². The Labute approximate surface area is 176 Å². The third kappa shape index (κ3) is 3.87. The van der Waals surface area contributed by atoms with Crippen molar-refractivity contribution in [3.8, 4) is 28.5 Å². The molecule has 9 heteroatoms. The van der Waals surface area contributed by atoms with Gasteiger partial charge in [-0.25, -0.2) is 4.98 Å². The lowest BCUT2D eigenvalue weighted by Crippen LogP contribution is -2.48. The van der Waals surface area contributed by atoms with Gasteiger partial charge in [0.05, 0.1) is 25.2 Å². The molecule has 1 aliphatic heterocycles. The first-order chi connectivity index (χ1) is 14.9. The zero-order valence-corrected chi connectivity index (χ0v) is 16.2. The molecule has 3 aromatic rings. The van der Waals surface area contributed by atoms with E-state index in [2.05, 4.69) is 4.98 Å². The van der Waals surface area contributed by atoms with E-state index in [1.807, 2.05) is 0 Å². The van der Waals surface area contributed by atoms with E-state index in [9.17, 15) is 19.8 Å². The minimum absolute atomic E-state index is 0.150. The maximum Gasteiger partial charge on any atom is 0.226 e. The average molecular weight is 425 g/mol. The van der Waals surface area contributed by atoms with Gasteiger partial charge >= 0.3 is 0 Å². The molecule has 2 aromatic carbocycles. The fourth-order valence-electron chi connectivity index (χ4n) is 3.35. The number of oxazole rings is 1. The predicted octanol–water partition coefficient (Wildman–Crippen LogP) is 1.19. The summed E-state index contributed by atoms with van der Waals surface area (Å²) in [7, 11) is 0. The molecule has 4 N–H and O–H groups in total. The summed E-state index contributed by atoms with van der Waals surface area (Å²) in [5, 5.41) is 36.9. The van der Waals surface area contributed by atoms with Crippen molar-refractivity contribution in [1.82, 2.24) is 4.98 Å². The maximum absolute atomic E-state index is 12.5. The van der Waals surface area contributed by atoms with Crippen molar-refractivity contribution >= 4 is 11.6 Å². The van der Waals surface area contributed by atoms with Gasteiger partial charge in [0.25, 0.3) is 0 Å². The Hall–Kier alpha value is -3.37. The van der Waals surface area contributed by atoms with Gasteiger partial charge in [0.2, 0.25) is 18.0 Å². The highest BCUT2D eigenvalue weighted by Gasteiger charge is 2.40. The molecule has 0 spiro atoms. The summed E-state index contributed by atoms with van der Waals surface area (Å²) in [6.45, 7) is -0.970. The molecule has 4 rings (SSSR count). The highest BCUT2D eigenvalue weighted by molar-refractivity contribution is 6.01. The number of carbonyl (C=O) groups excluding carboxylic acids is 2. The highest BCUT2D eigenvalue weighted by Crippen LogP contribution is 2.36. The fraction of sp³-hybridized carbons (Fsp3) is 0.227. The van der Waals surface area contributed by atoms with Crippen molar-refractivity contribution in [3.05, 3.63) is 59.9 Å². The number of benzene rings is 2. The average Bonchev–Trinajstić information content (AvgIpc) is 3.28. The molecule has 0 amide bonds. The van der Waals surface area contributed by atoms with Crippen molar-refractivity contribution in [2.45, 2.75) is 18.3 Å². The molecular weight excluding hydrogens is 406 g/mol. The van der Waals surface area contributed by atoms with Crippen LogP contribution in [0.4, 0.5) is 0 Å². The fourth-order valence-corrected chi connectivity index (χ4v) is 3.35. The lowest BCUT2D eigenvalue weighted by atomic mass is 9.90. The minimum atomic E-state index is -2.07. The Morgan fingerprint density at radius 3 is 2.39 bits per heavy atom. The number of ether oxygens (including phenoxy) is 1. The van der Waals surface area contributed by atoms with Crippen LogP contribution in [0.15, 0.2) is 53.1 Å². The monoisotopic (exact) mass is 425 g/mol. The van der Waals surface area contributed by atoms with Gasteiger partial charge in [-0.15, -0.1) is 0 Å². The largest absolute Gasteiger partial charge is 0.481 e. The van der Waals surface area contributed by atoms with Gasteiger partial charge in [0.1, 0.15) is 17.7 Å². The van der Waals surface area contributed by atoms with E-state index < -0.39 is 30.9 Å². The summed E-state index contributed by atoms with van der Waals surface area (Å²) < 4.78 is 11.2. The molecule has 160 valence electrons. The molecule has 0 saturated heterocycles. The molecule has 0 aliphatic carbocycles. The first-order valence-corrected chi connectivity index (χ1v) is 9.40. The quantitative estimate of drug-likeness (QED) is 0.337. The van der Waals surface area contributed by atoms with Crippen molar-refractivity contribution in [3.63, 3.8) is 0 Å². The standard InChI is InChI=1S/C22H19NO8/c24-10-22(11-25)8-17(26)15-7-14(5-6-18(15)31-22)20-23-16(9-30-20)12-1-3-13(4-2-12)19(27)21(28)29/h1-7,9,21,24-25,28-29H,8,10-11H2. The molecule has 31 heavy (non-hydrogen) atoms. The third-order valence-electron chi connectivity index (χ3n) is 5.12. The van der Waals surface area contributed by atoms with Gasteiger partial charge in [0.15, 0.2) is 11.4 Å². The number of aromatic nitrogens is 1. The van der Waals surface area contributed by atoms with E-state index >= 15 is 0 Å². The lowest BCUT2D eigenvalue weighted by Gasteiger charge is -2.34. The second kappa shape index (κ2) is 8.05. The first-order valence-electron chi connectivity index (χ1n) is 9.40. The van der Waals surface area contributed by atoms with Crippen LogP contribution in [-0.4, -0.2) is 62.1 Å². The van der Waals surface area contributed by atoms with Crippen LogP contribution in [0.5, 0.6) is 5.75 Å². The summed E-state index contributed by atoms with van der Waals surface area (Å²) in [6.07, 6.45) is -0.797. The lowest BCUT2D eigenvalue weighted by molar-refractivity contribution is -0.0403. The second-order valence-corrected chi connectivity index (χ2v) is 7.27. The molecule has 0 bridgehead atoms. The summed E-state index contributed by atoms with van der Waals surface area (Å²) in [5.41, 5.74) is 0.794. The normalized spacial score (nSPS) is 14.9. The Morgan fingerprint density at radius 2 is 1.74 bits per heavy atom. The number of Topliss-reactive ketones (excluding diaryl/α,β-unsaturated/α-hetero) is 2. The summed E-state index contributed by atoms with van der Waals surface area (Å²) >= 11 is 0. The van der Waals surface area contributed by atoms with E-state index in [0.29, 0.717) is 22.4 Å². The Morgan fingerprint density at radius 1 is 1.06 bits per heavy atom. The van der Waals surface area contributed by atoms with Crippen LogP contribution in [0.2, 0.25) is 0 Å². The predicted molar refractivity (Wildman–Crippen MR) is 106 cm³/mol. The Balaban J connectivity index is 1.60. The third-order valence-corrected chi connectivity index (χ3v) is 5.12. The molecule has 0 saturated carbocycles. The van der Waals surface area contributed by atoms with Gasteiger partial charge in [0, 0.05) is 16.7 Å². The number of aliphatic hydroxyl groups excluding tert-OH is 3. The van der Waals surface area contributed by atoms with Crippen LogP contribution in [0.25, 0.3) is 22.7 Å². The van der Waals surface area contributed by atoms with E-state index in [1.54, 1.807) is 30.3 Å². The number of hydrogen-bond acceptors (Lipinski definition) is 9. The zero-order chi connectivity index (χ0) is 22.2. The van der Waals surface area contributed by atoms with Crippen LogP contribution in [0.1, 0.15) is 27.1 Å². The molecule has 9 nitrogen and oxygen atoms in total. The van der Waals surface area contributed by atoms with Crippen molar-refractivity contribution < 1.29 is 39.2 Å². The molecule has 0 atom stereocenters. The SMILES string of the molecule is O=C1CC(CO)(CO)Oc2ccc(-c3nc(-c4ccc(C(=O)C(O)O)cc4)co3)cc21. The molecule has 0 radical (unpaired) electrons. The van der Waals surface area contributed by atoms with Crippen LogP contribution >= 0.6 is 0 Å². The topological polar surface area (TPSA) is 150 Å². The van der Waals surface area contributed by atoms with Gasteiger partial charge in [-0.3, -0.25) is 9.59 Å². The smallest absolute Gasteiger partial charge is 0.226 e. The number of hydrogen-bond donors (Lipinski definition) is 4. The van der Waals surface area contributed by atoms with Gasteiger partial charge < -0.3 is 29.6 Å². The summed E-state index contributed by atoms with van der Waals surface area (Å²) in [5.74, 6) is -0.553. The van der Waals surface area contributed by atoms with E-state index in [1.165, 1.54) is 18.4 Å². The summed E-state index contributed by atoms with van der Waals surface area (Å²) in [4.78, 5) is 28.6. The molecule has 2 heterocycles. The van der Waals surface area contributed by atoms with Crippen LogP contribution in [0.3, 0.4) is 0 Å². The van der Waals surface area contributed by atoms with Gasteiger partial charge in [-0.2, -0.15) is 0 Å². The van der Waals surface area contributed by atoms with Crippen molar-refractivity contribution in [1.29, 1.82) is 0 Å². The molecule has 1 aliphatic rings. The van der Waals surface area contributed by atoms with Crippen LogP contribution in [-0.2, 0) is 0 Å². The number of carbonyl (C=O) groups is 2. The number of fused-ring (bicyclic) bond motifs is 1. The maximum atomic E-state index is 12.5. The number of rotatable bonds is 6. The summed E-state index contributed by atoms with van der Waals surface area (Å²) in [6, 6.07) is 10.9. The Bertz CT molecular complexity index is 1130. The van der Waals surface area contributed by atoms with E-state index in [0.717, 1.165) is 0 Å². The number of ketones is 2. The zero-order valence-electron chi connectivity index (χ0n) is 16.2. The number of aliphatic hydroxyl groups is 4. The van der Waals surface area contributed by atoms with E-state index in [-0.39, 0.29) is 29.4 Å². The second-order valence-electron chi connectivity index (χ2n) is 7.27. The minimum Gasteiger partial charge on any atom is -0.481 e. The molecule has 0 fully saturated rings. The molecular formula is C22H19NO8. The van der Waals surface area contributed by atoms with Crippen molar-refractivity contribution in [2.75, 3.05) is 13.2 Å². The van der Waals surface area contributed by atoms with Crippen LogP contribution < -0.4 is 4.74 Å². The van der Waals surface area contributed by atoms with Crippen LogP contribution in [0, 0.1) is 0 Å². The van der Waals surface area contributed by atoms with Gasteiger partial charge in [-0.1, -0.05) is 24.3 Å². The van der Waals surface area contributed by atoms with Crippen molar-refractivity contribution in [2.24, 2.45) is 0 Å². The van der Waals surface area contributed by atoms with E-state index in [4.69, 9.17) is 19.4 Å².